The van der Waals surface area contributed by atoms with Crippen LogP contribution in [0.1, 0.15) is 31.7 Å². The molecule has 2 aliphatic heterocycles. The molecular formula is C16H27N3O2. The highest BCUT2D eigenvalue weighted by atomic mass is 16.5. The first-order chi connectivity index (χ1) is 10.2. The Morgan fingerprint density at radius 3 is 2.90 bits per heavy atom. The van der Waals surface area contributed by atoms with E-state index >= 15 is 0 Å². The predicted molar refractivity (Wildman–Crippen MR) is 81.0 cm³/mol. The fourth-order valence-electron chi connectivity index (χ4n) is 3.60. The van der Waals surface area contributed by atoms with Gasteiger partial charge in [0, 0.05) is 32.0 Å². The van der Waals surface area contributed by atoms with E-state index in [0.717, 1.165) is 26.4 Å². The van der Waals surface area contributed by atoms with Crippen molar-refractivity contribution in [3.05, 3.63) is 18.0 Å². The van der Waals surface area contributed by atoms with Gasteiger partial charge in [0.1, 0.15) is 0 Å². The van der Waals surface area contributed by atoms with E-state index < -0.39 is 0 Å². The van der Waals surface area contributed by atoms with Crippen LogP contribution in [0.25, 0.3) is 0 Å². The molecule has 3 heterocycles. The predicted octanol–water partition coefficient (Wildman–Crippen LogP) is 1.83. The smallest absolute Gasteiger partial charge is 0.0814 e. The molecule has 5 nitrogen and oxygen atoms in total. The number of likely N-dealkylation sites (tertiary alicyclic amines) is 1. The summed E-state index contributed by atoms with van der Waals surface area (Å²) in [4.78, 5) is 2.54. The lowest BCUT2D eigenvalue weighted by Crippen LogP contribution is -2.40. The molecule has 0 N–H and O–H groups in total. The lowest BCUT2D eigenvalue weighted by Gasteiger charge is -2.38. The lowest BCUT2D eigenvalue weighted by molar-refractivity contribution is 0.0158. The third-order valence-corrected chi connectivity index (χ3v) is 4.88. The van der Waals surface area contributed by atoms with Crippen LogP contribution in [-0.2, 0) is 23.1 Å². The van der Waals surface area contributed by atoms with E-state index in [2.05, 4.69) is 16.2 Å². The van der Waals surface area contributed by atoms with Crippen molar-refractivity contribution in [2.24, 2.45) is 12.5 Å². The summed E-state index contributed by atoms with van der Waals surface area (Å²) >= 11 is 0. The molecule has 0 saturated carbocycles. The second-order valence-corrected chi connectivity index (χ2v) is 6.60. The standard InChI is InChI=1S/C16H27N3O2/c1-3-20-12-15-8-16(13-21-15)4-6-19(7-5-16)11-14-9-17-18(2)10-14/h9-10,15H,3-8,11-13H2,1-2H3/t15-/m1/s1. The van der Waals surface area contributed by atoms with E-state index in [4.69, 9.17) is 9.47 Å². The molecule has 21 heavy (non-hydrogen) atoms. The Morgan fingerprint density at radius 2 is 2.24 bits per heavy atom. The number of hydrogen-bond donors (Lipinski definition) is 0. The van der Waals surface area contributed by atoms with Crippen molar-refractivity contribution in [1.29, 1.82) is 0 Å². The van der Waals surface area contributed by atoms with Crippen molar-refractivity contribution in [3.63, 3.8) is 0 Å². The molecule has 118 valence electrons. The third kappa shape index (κ3) is 3.65. The van der Waals surface area contributed by atoms with Crippen molar-refractivity contribution in [1.82, 2.24) is 14.7 Å². The second-order valence-electron chi connectivity index (χ2n) is 6.60. The largest absolute Gasteiger partial charge is 0.379 e. The number of ether oxygens (including phenoxy) is 2. The zero-order valence-electron chi connectivity index (χ0n) is 13.3. The Balaban J connectivity index is 1.47. The van der Waals surface area contributed by atoms with Gasteiger partial charge in [-0.2, -0.15) is 5.10 Å². The summed E-state index contributed by atoms with van der Waals surface area (Å²) in [5.74, 6) is 0. The van der Waals surface area contributed by atoms with E-state index in [-0.39, 0.29) is 0 Å². The van der Waals surface area contributed by atoms with Gasteiger partial charge in [0.25, 0.3) is 0 Å². The van der Waals surface area contributed by atoms with Crippen molar-refractivity contribution in [3.8, 4) is 0 Å². The first-order valence-corrected chi connectivity index (χ1v) is 8.08. The SMILES string of the molecule is CCOC[C@H]1CC2(CCN(Cc3cnn(C)c3)CC2)CO1. The highest BCUT2D eigenvalue weighted by molar-refractivity contribution is 5.04. The molecular weight excluding hydrogens is 266 g/mol. The van der Waals surface area contributed by atoms with Crippen LogP contribution in [0.4, 0.5) is 0 Å². The van der Waals surface area contributed by atoms with Gasteiger partial charge in [0.05, 0.1) is 25.5 Å². The van der Waals surface area contributed by atoms with Gasteiger partial charge in [-0.05, 0) is 44.7 Å². The van der Waals surface area contributed by atoms with Gasteiger partial charge in [-0.15, -0.1) is 0 Å². The lowest BCUT2D eigenvalue weighted by atomic mass is 9.76. The number of piperidine rings is 1. The third-order valence-electron chi connectivity index (χ3n) is 4.88. The molecule has 2 saturated heterocycles. The Bertz CT molecular complexity index is 452. The molecule has 0 aliphatic carbocycles. The monoisotopic (exact) mass is 293 g/mol. The van der Waals surface area contributed by atoms with Crippen molar-refractivity contribution < 1.29 is 9.47 Å². The fraction of sp³-hybridized carbons (Fsp3) is 0.812. The number of aromatic nitrogens is 2. The summed E-state index contributed by atoms with van der Waals surface area (Å²) in [6.07, 6.45) is 8.07. The Hall–Kier alpha value is -0.910. The van der Waals surface area contributed by atoms with E-state index in [1.54, 1.807) is 0 Å². The van der Waals surface area contributed by atoms with Crippen LogP contribution < -0.4 is 0 Å². The van der Waals surface area contributed by atoms with E-state index in [0.29, 0.717) is 11.5 Å². The normalized spacial score (nSPS) is 25.7. The van der Waals surface area contributed by atoms with Gasteiger partial charge < -0.3 is 9.47 Å². The molecule has 0 bridgehead atoms. The molecule has 0 radical (unpaired) electrons. The van der Waals surface area contributed by atoms with E-state index in [1.807, 2.05) is 24.9 Å². The summed E-state index contributed by atoms with van der Waals surface area (Å²) in [6, 6.07) is 0. The Labute approximate surface area is 127 Å². The topological polar surface area (TPSA) is 39.5 Å². The molecule has 1 atom stereocenters. The minimum absolute atomic E-state index is 0.315. The molecule has 1 aromatic rings. The minimum Gasteiger partial charge on any atom is -0.379 e. The zero-order chi connectivity index (χ0) is 14.7. The van der Waals surface area contributed by atoms with Crippen LogP contribution >= 0.6 is 0 Å². The molecule has 0 unspecified atom stereocenters. The van der Waals surface area contributed by atoms with Crippen molar-refractivity contribution in [2.75, 3.05) is 32.9 Å². The molecule has 3 rings (SSSR count). The van der Waals surface area contributed by atoms with Gasteiger partial charge in [-0.3, -0.25) is 9.58 Å². The maximum atomic E-state index is 5.95. The molecule has 0 aromatic carbocycles. The van der Waals surface area contributed by atoms with Crippen LogP contribution in [0.2, 0.25) is 0 Å². The van der Waals surface area contributed by atoms with Crippen molar-refractivity contribution >= 4 is 0 Å². The number of nitrogens with zero attached hydrogens (tertiary/aromatic N) is 3. The minimum atomic E-state index is 0.315. The van der Waals surface area contributed by atoms with Gasteiger partial charge >= 0.3 is 0 Å². The summed E-state index contributed by atoms with van der Waals surface area (Å²) in [5, 5.41) is 4.25. The summed E-state index contributed by atoms with van der Waals surface area (Å²) < 4.78 is 13.3. The maximum Gasteiger partial charge on any atom is 0.0814 e. The van der Waals surface area contributed by atoms with Crippen molar-refractivity contribution in [2.45, 2.75) is 38.8 Å². The average molecular weight is 293 g/mol. The highest BCUT2D eigenvalue weighted by Crippen LogP contribution is 2.42. The highest BCUT2D eigenvalue weighted by Gasteiger charge is 2.42. The van der Waals surface area contributed by atoms with Crippen LogP contribution in [0.5, 0.6) is 0 Å². The van der Waals surface area contributed by atoms with Crippen LogP contribution in [0, 0.1) is 5.41 Å². The zero-order valence-corrected chi connectivity index (χ0v) is 13.3. The van der Waals surface area contributed by atoms with Crippen LogP contribution in [0.15, 0.2) is 12.4 Å². The summed E-state index contributed by atoms with van der Waals surface area (Å²) in [7, 11) is 1.98. The van der Waals surface area contributed by atoms with Crippen LogP contribution in [-0.4, -0.2) is 53.7 Å². The average Bonchev–Trinajstić information content (AvgIpc) is 3.07. The van der Waals surface area contributed by atoms with Gasteiger partial charge in [-0.25, -0.2) is 0 Å². The van der Waals surface area contributed by atoms with Gasteiger partial charge in [0.2, 0.25) is 0 Å². The van der Waals surface area contributed by atoms with Gasteiger partial charge in [0.15, 0.2) is 0 Å². The molecule has 2 aliphatic rings. The molecule has 5 heteroatoms. The Morgan fingerprint density at radius 1 is 1.43 bits per heavy atom. The number of rotatable bonds is 5. The summed E-state index contributed by atoms with van der Waals surface area (Å²) in [5.41, 5.74) is 1.72. The molecule has 2 fully saturated rings. The van der Waals surface area contributed by atoms with Gasteiger partial charge in [-0.1, -0.05) is 0 Å². The first kappa shape index (κ1) is 15.0. The number of aryl methyl sites for hydroxylation is 1. The van der Waals surface area contributed by atoms with Crippen LogP contribution in [0.3, 0.4) is 0 Å². The molecule has 0 amide bonds. The Kier molecular flexibility index (Phi) is 4.62. The first-order valence-electron chi connectivity index (χ1n) is 8.08. The molecule has 1 aromatic heterocycles. The quantitative estimate of drug-likeness (QED) is 0.830. The second kappa shape index (κ2) is 6.46. The summed E-state index contributed by atoms with van der Waals surface area (Å²) in [6.45, 7) is 7.86. The fourth-order valence-corrected chi connectivity index (χ4v) is 3.60. The van der Waals surface area contributed by atoms with E-state index in [1.165, 1.54) is 37.9 Å². The number of hydrogen-bond acceptors (Lipinski definition) is 4. The maximum absolute atomic E-state index is 5.95. The van der Waals surface area contributed by atoms with E-state index in [9.17, 15) is 0 Å². The molecule has 1 spiro atoms.